The van der Waals surface area contributed by atoms with Crippen LogP contribution in [0.4, 0.5) is 0 Å². The van der Waals surface area contributed by atoms with Gasteiger partial charge in [-0.15, -0.1) is 0 Å². The quantitative estimate of drug-likeness (QED) is 0.0281. The summed E-state index contributed by atoms with van der Waals surface area (Å²) >= 11 is 0. The number of aliphatic carboxylic acids is 1. The van der Waals surface area contributed by atoms with Gasteiger partial charge in [0.25, 0.3) is 0 Å². The summed E-state index contributed by atoms with van der Waals surface area (Å²) < 4.78 is 17.4. The SMILES string of the molecule is CCCCCCCCCCC/C=C/CCCCCCCCCC(=O)OCC(COCCC(C(=O)O)[N+](C)(C)C)OC(=O)CCCCCCC/C=C/CCCCCCCCCCC. The van der Waals surface area contributed by atoms with Crippen molar-refractivity contribution in [2.24, 2.45) is 0 Å². The van der Waals surface area contributed by atoms with E-state index >= 15 is 0 Å². The van der Waals surface area contributed by atoms with E-state index in [0.717, 1.165) is 51.4 Å². The Morgan fingerprint density at radius 1 is 0.468 bits per heavy atom. The predicted molar refractivity (Wildman–Crippen MR) is 262 cm³/mol. The van der Waals surface area contributed by atoms with E-state index in [-0.39, 0.29) is 36.2 Å². The first-order valence-electron chi connectivity index (χ1n) is 26.4. The lowest BCUT2D eigenvalue weighted by Gasteiger charge is -2.31. The van der Waals surface area contributed by atoms with Crippen LogP contribution in [0, 0.1) is 0 Å². The number of allylic oxidation sites excluding steroid dienone is 4. The highest BCUT2D eigenvalue weighted by molar-refractivity contribution is 5.72. The van der Waals surface area contributed by atoms with Crippen molar-refractivity contribution in [1.29, 1.82) is 0 Å². The summed E-state index contributed by atoms with van der Waals surface area (Å²) in [5.74, 6) is -1.47. The third kappa shape index (κ3) is 43.1. The molecular formula is C54H102NO7+. The van der Waals surface area contributed by atoms with Gasteiger partial charge in [-0.3, -0.25) is 9.59 Å². The Kier molecular flexibility index (Phi) is 43.8. The minimum absolute atomic E-state index is 0.0530. The Morgan fingerprint density at radius 2 is 0.806 bits per heavy atom. The second-order valence-electron chi connectivity index (χ2n) is 19.1. The number of unbranched alkanes of at least 4 members (excludes halogenated alkanes) is 30. The summed E-state index contributed by atoms with van der Waals surface area (Å²) in [6.45, 7) is 4.76. The average Bonchev–Trinajstić information content (AvgIpc) is 3.23. The number of esters is 2. The van der Waals surface area contributed by atoms with E-state index in [2.05, 4.69) is 38.2 Å². The van der Waals surface area contributed by atoms with Crippen molar-refractivity contribution in [3.63, 3.8) is 0 Å². The van der Waals surface area contributed by atoms with Crippen molar-refractivity contribution in [3.05, 3.63) is 24.3 Å². The number of carbonyl (C=O) groups excluding carboxylic acids is 2. The summed E-state index contributed by atoms with van der Waals surface area (Å²) in [6, 6.07) is -0.615. The maximum Gasteiger partial charge on any atom is 0.362 e. The molecule has 0 aromatic carbocycles. The first-order chi connectivity index (χ1) is 30.1. The van der Waals surface area contributed by atoms with Crippen LogP contribution < -0.4 is 0 Å². The fourth-order valence-corrected chi connectivity index (χ4v) is 7.97. The Balaban J connectivity index is 4.23. The largest absolute Gasteiger partial charge is 0.477 e. The number of carbonyl (C=O) groups is 3. The van der Waals surface area contributed by atoms with E-state index in [1.165, 1.54) is 167 Å². The summed E-state index contributed by atoms with van der Waals surface area (Å²) in [7, 11) is 5.54. The Labute approximate surface area is 383 Å². The maximum absolute atomic E-state index is 12.8. The molecule has 8 heteroatoms. The van der Waals surface area contributed by atoms with Crippen LogP contribution in [0.3, 0.4) is 0 Å². The van der Waals surface area contributed by atoms with Gasteiger partial charge in [0, 0.05) is 19.3 Å². The van der Waals surface area contributed by atoms with Crippen LogP contribution in [0.25, 0.3) is 0 Å². The van der Waals surface area contributed by atoms with Gasteiger partial charge >= 0.3 is 17.9 Å². The highest BCUT2D eigenvalue weighted by Gasteiger charge is 2.31. The van der Waals surface area contributed by atoms with Gasteiger partial charge in [0.15, 0.2) is 12.1 Å². The first kappa shape index (κ1) is 59.8. The molecule has 0 aliphatic carbocycles. The minimum atomic E-state index is -0.874. The van der Waals surface area contributed by atoms with Crippen LogP contribution in [0.5, 0.6) is 0 Å². The third-order valence-corrected chi connectivity index (χ3v) is 12.1. The number of quaternary nitrogens is 1. The molecule has 0 bridgehead atoms. The van der Waals surface area contributed by atoms with E-state index < -0.39 is 18.1 Å². The van der Waals surface area contributed by atoms with E-state index in [1.54, 1.807) is 0 Å². The predicted octanol–water partition coefficient (Wildman–Crippen LogP) is 15.2. The van der Waals surface area contributed by atoms with Crippen LogP contribution in [-0.4, -0.2) is 80.6 Å². The van der Waals surface area contributed by atoms with Gasteiger partial charge in [0.1, 0.15) is 6.61 Å². The molecule has 0 spiro atoms. The highest BCUT2D eigenvalue weighted by Crippen LogP contribution is 2.15. The van der Waals surface area contributed by atoms with Crippen LogP contribution in [0.15, 0.2) is 24.3 Å². The number of rotatable bonds is 48. The average molecular weight is 877 g/mol. The third-order valence-electron chi connectivity index (χ3n) is 12.1. The van der Waals surface area contributed by atoms with E-state index in [0.29, 0.717) is 19.3 Å². The number of hydrogen-bond donors (Lipinski definition) is 1. The van der Waals surface area contributed by atoms with Gasteiger partial charge in [-0.05, 0) is 64.2 Å². The first-order valence-corrected chi connectivity index (χ1v) is 26.4. The fraction of sp³-hybridized carbons (Fsp3) is 0.870. The second kappa shape index (κ2) is 45.4. The lowest BCUT2D eigenvalue weighted by molar-refractivity contribution is -0.887. The molecule has 0 aromatic rings. The molecule has 2 unspecified atom stereocenters. The van der Waals surface area contributed by atoms with Crippen molar-refractivity contribution >= 4 is 17.9 Å². The molecule has 0 aliphatic heterocycles. The van der Waals surface area contributed by atoms with Gasteiger partial charge in [-0.1, -0.05) is 192 Å². The molecule has 0 rings (SSSR count). The number of nitrogens with zero attached hydrogens (tertiary/aromatic N) is 1. The zero-order valence-electron chi connectivity index (χ0n) is 41.6. The minimum Gasteiger partial charge on any atom is -0.477 e. The molecule has 0 heterocycles. The molecule has 62 heavy (non-hydrogen) atoms. The highest BCUT2D eigenvalue weighted by atomic mass is 16.6. The van der Waals surface area contributed by atoms with E-state index in [1.807, 2.05) is 21.1 Å². The molecule has 0 radical (unpaired) electrons. The van der Waals surface area contributed by atoms with Crippen molar-refractivity contribution in [3.8, 4) is 0 Å². The van der Waals surface area contributed by atoms with E-state index in [4.69, 9.17) is 14.2 Å². The molecule has 0 aliphatic rings. The summed E-state index contributed by atoms with van der Waals surface area (Å²) in [6.07, 6.45) is 52.3. The molecule has 0 aromatic heterocycles. The van der Waals surface area contributed by atoms with Gasteiger partial charge < -0.3 is 23.8 Å². The molecule has 0 amide bonds. The number of carboxylic acid groups (broad SMARTS) is 1. The monoisotopic (exact) mass is 877 g/mol. The van der Waals surface area contributed by atoms with Gasteiger partial charge in [0.05, 0.1) is 34.4 Å². The van der Waals surface area contributed by atoms with Crippen LogP contribution in [0.2, 0.25) is 0 Å². The maximum atomic E-state index is 12.8. The van der Waals surface area contributed by atoms with Gasteiger partial charge in [-0.2, -0.15) is 0 Å². The number of carboxylic acids is 1. The van der Waals surface area contributed by atoms with Crippen LogP contribution >= 0.6 is 0 Å². The zero-order valence-corrected chi connectivity index (χ0v) is 41.6. The molecule has 8 nitrogen and oxygen atoms in total. The number of ether oxygens (including phenoxy) is 3. The topological polar surface area (TPSA) is 99.1 Å². The van der Waals surface area contributed by atoms with E-state index in [9.17, 15) is 19.5 Å². The Bertz CT molecular complexity index is 1070. The zero-order chi connectivity index (χ0) is 45.6. The van der Waals surface area contributed by atoms with Crippen molar-refractivity contribution in [2.75, 3.05) is 41.0 Å². The molecule has 0 saturated heterocycles. The van der Waals surface area contributed by atoms with Crippen LogP contribution in [0.1, 0.15) is 251 Å². The summed E-state index contributed by atoms with van der Waals surface area (Å²) in [5, 5.41) is 9.65. The molecule has 0 fully saturated rings. The summed E-state index contributed by atoms with van der Waals surface area (Å²) in [4.78, 5) is 37.2. The lowest BCUT2D eigenvalue weighted by atomic mass is 10.1. The van der Waals surface area contributed by atoms with Crippen molar-refractivity contribution in [1.82, 2.24) is 0 Å². The molecule has 0 saturated carbocycles. The van der Waals surface area contributed by atoms with Gasteiger partial charge in [-0.25, -0.2) is 4.79 Å². The lowest BCUT2D eigenvalue weighted by Crippen LogP contribution is -2.50. The number of hydrogen-bond acceptors (Lipinski definition) is 6. The van der Waals surface area contributed by atoms with Crippen molar-refractivity contribution in [2.45, 2.75) is 264 Å². The normalized spacial score (nSPS) is 13.0. The molecule has 2 atom stereocenters. The second-order valence-corrected chi connectivity index (χ2v) is 19.1. The molecule has 1 N–H and O–H groups in total. The summed E-state index contributed by atoms with van der Waals surface area (Å²) in [5.41, 5.74) is 0. The molecular weight excluding hydrogens is 775 g/mol. The standard InChI is InChI=1S/C54H101NO7/c1-6-8-10-12-14-16-18-20-22-24-26-27-29-30-32-34-36-38-40-42-44-52(56)61-49-50(48-60-47-46-51(54(58)59)55(3,4)5)62-53(57)45-43-41-39-37-35-33-31-28-25-23-21-19-17-15-13-11-9-7-2/h26-28,31,50-51H,6-25,29-30,32-49H2,1-5H3/p+1/b27-26+,31-28+. The number of likely N-dealkylation sites (N-methyl/N-ethyl adjacent to an activating group) is 1. The Hall–Kier alpha value is -2.19. The fourth-order valence-electron chi connectivity index (χ4n) is 7.97. The molecule has 364 valence electrons. The Morgan fingerprint density at radius 3 is 1.16 bits per heavy atom. The van der Waals surface area contributed by atoms with Gasteiger partial charge in [0.2, 0.25) is 0 Å². The smallest absolute Gasteiger partial charge is 0.362 e. The van der Waals surface area contributed by atoms with Crippen LogP contribution in [-0.2, 0) is 28.6 Å². The van der Waals surface area contributed by atoms with Crippen molar-refractivity contribution < 1.29 is 38.2 Å².